The molecular weight excluding hydrogens is 234 g/mol. The highest BCUT2D eigenvalue weighted by Gasteiger charge is 2.20. The van der Waals surface area contributed by atoms with E-state index in [0.29, 0.717) is 6.04 Å². The van der Waals surface area contributed by atoms with Gasteiger partial charge in [0.1, 0.15) is 0 Å². The van der Waals surface area contributed by atoms with Gasteiger partial charge in [-0.05, 0) is 19.7 Å². The van der Waals surface area contributed by atoms with Crippen LogP contribution in [0.4, 0.5) is 0 Å². The first kappa shape index (κ1) is 14.3. The molecular formula is C16H25N3. The maximum absolute atomic E-state index is 3.52. The van der Waals surface area contributed by atoms with Crippen LogP contribution in [0.5, 0.6) is 0 Å². The molecule has 1 heterocycles. The van der Waals surface area contributed by atoms with Gasteiger partial charge in [0, 0.05) is 38.8 Å². The SMILES string of the molecule is CN1CCN(C)C(CNCC=Cc2ccccc2)C1. The van der Waals surface area contributed by atoms with E-state index in [1.54, 1.807) is 0 Å². The molecule has 0 bridgehead atoms. The van der Waals surface area contributed by atoms with Gasteiger partial charge < -0.3 is 10.2 Å². The number of hydrogen-bond donors (Lipinski definition) is 1. The van der Waals surface area contributed by atoms with Gasteiger partial charge >= 0.3 is 0 Å². The smallest absolute Gasteiger partial charge is 0.0345 e. The van der Waals surface area contributed by atoms with Crippen molar-refractivity contribution in [1.82, 2.24) is 15.1 Å². The second kappa shape index (κ2) is 7.43. The molecule has 1 aromatic rings. The van der Waals surface area contributed by atoms with Gasteiger partial charge in [0.25, 0.3) is 0 Å². The Morgan fingerprint density at radius 2 is 2.00 bits per heavy atom. The Morgan fingerprint density at radius 3 is 2.79 bits per heavy atom. The molecule has 1 N–H and O–H groups in total. The third-order valence-corrected chi connectivity index (χ3v) is 3.73. The molecule has 3 heteroatoms. The maximum atomic E-state index is 3.52. The summed E-state index contributed by atoms with van der Waals surface area (Å²) in [5, 5.41) is 3.52. The van der Waals surface area contributed by atoms with Crippen molar-refractivity contribution in [3.63, 3.8) is 0 Å². The van der Waals surface area contributed by atoms with E-state index < -0.39 is 0 Å². The molecule has 0 saturated carbocycles. The summed E-state index contributed by atoms with van der Waals surface area (Å²) < 4.78 is 0. The molecule has 0 aromatic heterocycles. The van der Waals surface area contributed by atoms with Crippen molar-refractivity contribution in [1.29, 1.82) is 0 Å². The van der Waals surface area contributed by atoms with Gasteiger partial charge in [-0.1, -0.05) is 42.5 Å². The van der Waals surface area contributed by atoms with Gasteiger partial charge in [-0.15, -0.1) is 0 Å². The number of rotatable bonds is 5. The number of hydrogen-bond acceptors (Lipinski definition) is 3. The summed E-state index contributed by atoms with van der Waals surface area (Å²) in [5.74, 6) is 0. The molecule has 2 rings (SSSR count). The minimum atomic E-state index is 0.629. The van der Waals surface area contributed by atoms with Crippen LogP contribution >= 0.6 is 0 Å². The van der Waals surface area contributed by atoms with E-state index in [1.165, 1.54) is 18.7 Å². The number of piperazine rings is 1. The quantitative estimate of drug-likeness (QED) is 0.809. The summed E-state index contributed by atoms with van der Waals surface area (Å²) in [6.07, 6.45) is 4.37. The Balaban J connectivity index is 1.67. The fourth-order valence-corrected chi connectivity index (χ4v) is 2.41. The third-order valence-electron chi connectivity index (χ3n) is 3.73. The second-order valence-electron chi connectivity index (χ2n) is 5.37. The van der Waals surface area contributed by atoms with E-state index in [1.807, 2.05) is 6.07 Å². The van der Waals surface area contributed by atoms with E-state index >= 15 is 0 Å². The Labute approximate surface area is 116 Å². The van der Waals surface area contributed by atoms with Crippen molar-refractivity contribution in [2.45, 2.75) is 6.04 Å². The normalized spacial score (nSPS) is 22.1. The van der Waals surface area contributed by atoms with E-state index in [2.05, 4.69) is 65.6 Å². The molecule has 0 spiro atoms. The minimum absolute atomic E-state index is 0.629. The van der Waals surface area contributed by atoms with E-state index in [-0.39, 0.29) is 0 Å². The van der Waals surface area contributed by atoms with Gasteiger partial charge in [-0.25, -0.2) is 0 Å². The highest BCUT2D eigenvalue weighted by atomic mass is 15.3. The minimum Gasteiger partial charge on any atom is -0.312 e. The number of benzene rings is 1. The summed E-state index contributed by atoms with van der Waals surface area (Å²) in [6, 6.07) is 11.1. The molecule has 1 aliphatic rings. The Kier molecular flexibility index (Phi) is 5.58. The van der Waals surface area contributed by atoms with Crippen LogP contribution in [0.2, 0.25) is 0 Å². The number of likely N-dealkylation sites (N-methyl/N-ethyl adjacent to an activating group) is 2. The lowest BCUT2D eigenvalue weighted by atomic mass is 10.2. The highest BCUT2D eigenvalue weighted by Crippen LogP contribution is 2.04. The molecule has 1 aliphatic heterocycles. The van der Waals surface area contributed by atoms with Crippen LogP contribution in [0, 0.1) is 0 Å². The van der Waals surface area contributed by atoms with Crippen LogP contribution in [0.1, 0.15) is 5.56 Å². The number of nitrogens with zero attached hydrogens (tertiary/aromatic N) is 2. The Morgan fingerprint density at radius 1 is 1.21 bits per heavy atom. The van der Waals surface area contributed by atoms with Gasteiger partial charge in [0.2, 0.25) is 0 Å². The molecule has 1 fully saturated rings. The van der Waals surface area contributed by atoms with E-state index in [0.717, 1.165) is 19.6 Å². The summed E-state index contributed by atoms with van der Waals surface area (Å²) in [6.45, 7) is 5.50. The number of nitrogens with one attached hydrogen (secondary N) is 1. The van der Waals surface area contributed by atoms with Crippen molar-refractivity contribution in [2.24, 2.45) is 0 Å². The molecule has 1 unspecified atom stereocenters. The fourth-order valence-electron chi connectivity index (χ4n) is 2.41. The molecule has 1 saturated heterocycles. The van der Waals surface area contributed by atoms with E-state index in [9.17, 15) is 0 Å². The summed E-state index contributed by atoms with van der Waals surface area (Å²) in [4.78, 5) is 4.86. The molecule has 104 valence electrons. The van der Waals surface area contributed by atoms with Gasteiger partial charge in [0.15, 0.2) is 0 Å². The summed E-state index contributed by atoms with van der Waals surface area (Å²) in [5.41, 5.74) is 1.26. The lowest BCUT2D eigenvalue weighted by Gasteiger charge is -2.37. The van der Waals surface area contributed by atoms with Crippen molar-refractivity contribution in [2.75, 3.05) is 46.8 Å². The zero-order valence-electron chi connectivity index (χ0n) is 12.0. The van der Waals surface area contributed by atoms with Crippen molar-refractivity contribution in [3.8, 4) is 0 Å². The van der Waals surface area contributed by atoms with Crippen molar-refractivity contribution >= 4 is 6.08 Å². The second-order valence-corrected chi connectivity index (χ2v) is 5.37. The summed E-state index contributed by atoms with van der Waals surface area (Å²) in [7, 11) is 4.43. The molecule has 0 amide bonds. The fraction of sp³-hybridized carbons (Fsp3) is 0.500. The molecule has 0 aliphatic carbocycles. The van der Waals surface area contributed by atoms with Crippen LogP contribution in [0.3, 0.4) is 0 Å². The lowest BCUT2D eigenvalue weighted by molar-refractivity contribution is 0.114. The first-order valence-electron chi connectivity index (χ1n) is 7.07. The van der Waals surface area contributed by atoms with Crippen molar-refractivity contribution in [3.05, 3.63) is 42.0 Å². The zero-order chi connectivity index (χ0) is 13.5. The van der Waals surface area contributed by atoms with Gasteiger partial charge in [0.05, 0.1) is 0 Å². The van der Waals surface area contributed by atoms with Crippen LogP contribution in [-0.4, -0.2) is 62.7 Å². The zero-order valence-corrected chi connectivity index (χ0v) is 12.0. The molecule has 1 aromatic carbocycles. The van der Waals surface area contributed by atoms with Gasteiger partial charge in [-0.3, -0.25) is 4.90 Å². The molecule has 3 nitrogen and oxygen atoms in total. The molecule has 0 radical (unpaired) electrons. The van der Waals surface area contributed by atoms with Crippen LogP contribution in [0.25, 0.3) is 6.08 Å². The predicted molar refractivity (Wildman–Crippen MR) is 82.3 cm³/mol. The maximum Gasteiger partial charge on any atom is 0.0345 e. The average molecular weight is 259 g/mol. The standard InChI is InChI=1S/C16H25N3/c1-18-11-12-19(2)16(14-18)13-17-10-6-9-15-7-4-3-5-8-15/h3-9,16-17H,10-14H2,1-2H3. The predicted octanol–water partition coefficient (Wildman–Crippen LogP) is 1.54. The highest BCUT2D eigenvalue weighted by molar-refractivity contribution is 5.48. The summed E-state index contributed by atoms with van der Waals surface area (Å²) >= 11 is 0. The van der Waals surface area contributed by atoms with Crippen LogP contribution in [-0.2, 0) is 0 Å². The Bertz CT molecular complexity index is 388. The van der Waals surface area contributed by atoms with Gasteiger partial charge in [-0.2, -0.15) is 0 Å². The largest absolute Gasteiger partial charge is 0.312 e. The lowest BCUT2D eigenvalue weighted by Crippen LogP contribution is -2.53. The molecule has 1 atom stereocenters. The van der Waals surface area contributed by atoms with E-state index in [4.69, 9.17) is 0 Å². The average Bonchev–Trinajstić information content (AvgIpc) is 2.43. The van der Waals surface area contributed by atoms with Crippen LogP contribution < -0.4 is 5.32 Å². The first-order chi connectivity index (χ1) is 9.25. The topological polar surface area (TPSA) is 18.5 Å². The monoisotopic (exact) mass is 259 g/mol. The first-order valence-corrected chi connectivity index (χ1v) is 7.07. The Hall–Kier alpha value is -1.16. The van der Waals surface area contributed by atoms with Crippen LogP contribution in [0.15, 0.2) is 36.4 Å². The molecule has 19 heavy (non-hydrogen) atoms. The van der Waals surface area contributed by atoms with Crippen molar-refractivity contribution < 1.29 is 0 Å². The third kappa shape index (κ3) is 4.78.